The summed E-state index contributed by atoms with van der Waals surface area (Å²) in [6.07, 6.45) is 7.13. The van der Waals surface area contributed by atoms with Gasteiger partial charge >= 0.3 is 0 Å². The fourth-order valence-electron chi connectivity index (χ4n) is 3.58. The second-order valence-corrected chi connectivity index (χ2v) is 5.87. The Hall–Kier alpha value is -2.60. The summed E-state index contributed by atoms with van der Waals surface area (Å²) in [4.78, 5) is 0. The molecule has 0 saturated heterocycles. The van der Waals surface area contributed by atoms with Crippen molar-refractivity contribution in [2.24, 2.45) is 5.92 Å². The molecule has 98 valence electrons. The van der Waals surface area contributed by atoms with Gasteiger partial charge in [-0.05, 0) is 55.4 Å². The van der Waals surface area contributed by atoms with Crippen LogP contribution in [0.15, 0.2) is 60.7 Å². The Kier molecular flexibility index (Phi) is 2.09. The molecule has 3 aromatic rings. The van der Waals surface area contributed by atoms with E-state index in [2.05, 4.69) is 78.9 Å². The van der Waals surface area contributed by atoms with Crippen molar-refractivity contribution in [2.75, 3.05) is 0 Å². The summed E-state index contributed by atoms with van der Waals surface area (Å²) in [5.41, 5.74) is 1.44. The first-order valence-corrected chi connectivity index (χ1v) is 7.42. The maximum Gasteiger partial charge on any atom is 0.0223 e. The average Bonchev–Trinajstić information content (AvgIpc) is 2.87. The van der Waals surface area contributed by atoms with Gasteiger partial charge < -0.3 is 0 Å². The zero-order chi connectivity index (χ0) is 13.8. The zero-order valence-corrected chi connectivity index (χ0v) is 11.6. The number of hydrogen-bond acceptors (Lipinski definition) is 0. The molecular weight excluding hydrogens is 252 g/mol. The highest BCUT2D eigenvalue weighted by atomic mass is 14.2. The van der Waals surface area contributed by atoms with Crippen molar-refractivity contribution in [1.82, 2.24) is 0 Å². The van der Waals surface area contributed by atoms with Gasteiger partial charge in [-0.25, -0.2) is 0 Å². The van der Waals surface area contributed by atoms with Crippen LogP contribution in [0.2, 0.25) is 0 Å². The fourth-order valence-corrected chi connectivity index (χ4v) is 3.58. The number of hydrogen-bond donors (Lipinski definition) is 0. The van der Waals surface area contributed by atoms with E-state index in [1.807, 2.05) is 0 Å². The van der Waals surface area contributed by atoms with Crippen LogP contribution in [0.25, 0.3) is 34.6 Å². The lowest BCUT2D eigenvalue weighted by Crippen LogP contribution is -2.30. The maximum absolute atomic E-state index is 2.39. The van der Waals surface area contributed by atoms with Crippen LogP contribution < -0.4 is 20.9 Å². The number of fused-ring (bicyclic) bond motifs is 4. The molecular formula is C21H14. The summed E-state index contributed by atoms with van der Waals surface area (Å²) in [6, 6.07) is 21.9. The van der Waals surface area contributed by atoms with Crippen molar-refractivity contribution in [3.8, 4) is 0 Å². The van der Waals surface area contributed by atoms with Crippen LogP contribution in [0.4, 0.5) is 0 Å². The van der Waals surface area contributed by atoms with E-state index < -0.39 is 0 Å². The predicted octanol–water partition coefficient (Wildman–Crippen LogP) is 1.68. The molecule has 0 saturated carbocycles. The van der Waals surface area contributed by atoms with Gasteiger partial charge in [-0.2, -0.15) is 0 Å². The van der Waals surface area contributed by atoms with Gasteiger partial charge in [-0.1, -0.05) is 60.7 Å². The highest BCUT2D eigenvalue weighted by Gasteiger charge is 2.16. The van der Waals surface area contributed by atoms with E-state index in [9.17, 15) is 0 Å². The molecule has 0 nitrogen and oxygen atoms in total. The Morgan fingerprint density at radius 1 is 0.619 bits per heavy atom. The molecule has 1 unspecified atom stereocenters. The Morgan fingerprint density at radius 3 is 2.14 bits per heavy atom. The molecule has 0 aromatic heterocycles. The lowest BCUT2D eigenvalue weighted by atomic mass is 9.94. The first-order chi connectivity index (χ1) is 10.4. The molecule has 5 rings (SSSR count). The fraction of sp³-hybridized carbons (Fsp3) is 0.0476. The van der Waals surface area contributed by atoms with Gasteiger partial charge in [0.05, 0.1) is 0 Å². The van der Waals surface area contributed by atoms with Gasteiger partial charge in [0.15, 0.2) is 0 Å². The molecule has 0 heteroatoms. The van der Waals surface area contributed by atoms with Crippen molar-refractivity contribution in [3.05, 3.63) is 81.5 Å². The van der Waals surface area contributed by atoms with Crippen molar-refractivity contribution in [3.63, 3.8) is 0 Å². The Balaban J connectivity index is 1.94. The van der Waals surface area contributed by atoms with Crippen LogP contribution in [0.3, 0.4) is 0 Å². The van der Waals surface area contributed by atoms with Gasteiger partial charge in [-0.3, -0.25) is 0 Å². The third-order valence-electron chi connectivity index (χ3n) is 4.61. The third kappa shape index (κ3) is 1.56. The molecule has 0 radical (unpaired) electrons. The van der Waals surface area contributed by atoms with Gasteiger partial charge in [0.25, 0.3) is 0 Å². The SMILES string of the molecule is C1=c2ccccc2=CC2C=c3cc4ccccc4cc3=C12. The van der Waals surface area contributed by atoms with Crippen LogP contribution in [0.5, 0.6) is 0 Å². The number of benzene rings is 3. The number of rotatable bonds is 0. The second-order valence-electron chi connectivity index (χ2n) is 5.87. The summed E-state index contributed by atoms with van der Waals surface area (Å²) in [5, 5.41) is 8.09. The molecule has 0 aliphatic heterocycles. The normalized spacial score (nSPS) is 18.1. The van der Waals surface area contributed by atoms with E-state index in [4.69, 9.17) is 0 Å². The van der Waals surface area contributed by atoms with E-state index in [1.54, 1.807) is 0 Å². The summed E-state index contributed by atoms with van der Waals surface area (Å²) in [6.45, 7) is 0. The van der Waals surface area contributed by atoms with Crippen molar-refractivity contribution in [1.29, 1.82) is 0 Å². The van der Waals surface area contributed by atoms with E-state index in [0.717, 1.165) is 0 Å². The van der Waals surface area contributed by atoms with Crippen LogP contribution >= 0.6 is 0 Å². The molecule has 0 fully saturated rings. The summed E-state index contributed by atoms with van der Waals surface area (Å²) >= 11 is 0. The van der Waals surface area contributed by atoms with Gasteiger partial charge in [0.1, 0.15) is 0 Å². The van der Waals surface area contributed by atoms with Crippen LogP contribution in [-0.2, 0) is 0 Å². The standard InChI is InChI=1S/C21H14/c1-3-7-16-12-20-18(9-14(16)5-1)11-19-10-15-6-2-4-8-17(15)13-21(19)20/h1-13,18H. The predicted molar refractivity (Wildman–Crippen MR) is 89.2 cm³/mol. The van der Waals surface area contributed by atoms with Crippen molar-refractivity contribution < 1.29 is 0 Å². The van der Waals surface area contributed by atoms with Crippen molar-refractivity contribution >= 4 is 34.6 Å². The minimum atomic E-state index is 0.423. The molecule has 3 aromatic carbocycles. The second kappa shape index (κ2) is 3.95. The molecule has 0 N–H and O–H groups in total. The van der Waals surface area contributed by atoms with E-state index in [0.29, 0.717) is 5.92 Å². The summed E-state index contributed by atoms with van der Waals surface area (Å²) in [7, 11) is 0. The van der Waals surface area contributed by atoms with E-state index in [1.165, 1.54) is 37.2 Å². The quantitative estimate of drug-likeness (QED) is 0.581. The first kappa shape index (κ1) is 11.1. The Bertz CT molecular complexity index is 1130. The monoisotopic (exact) mass is 266 g/mol. The van der Waals surface area contributed by atoms with Crippen LogP contribution in [0.1, 0.15) is 0 Å². The maximum atomic E-state index is 2.39. The zero-order valence-electron chi connectivity index (χ0n) is 11.6. The van der Waals surface area contributed by atoms with E-state index in [-0.39, 0.29) is 0 Å². The van der Waals surface area contributed by atoms with E-state index >= 15 is 0 Å². The highest BCUT2D eigenvalue weighted by Crippen LogP contribution is 2.21. The Morgan fingerprint density at radius 2 is 1.29 bits per heavy atom. The first-order valence-electron chi connectivity index (χ1n) is 7.42. The minimum Gasteiger partial charge on any atom is -0.0653 e. The smallest absolute Gasteiger partial charge is 0.0223 e. The molecule has 21 heavy (non-hydrogen) atoms. The lowest BCUT2D eigenvalue weighted by molar-refractivity contribution is 1.25. The topological polar surface area (TPSA) is 0 Å². The summed E-state index contributed by atoms with van der Waals surface area (Å²) in [5.74, 6) is 0.423. The van der Waals surface area contributed by atoms with Crippen LogP contribution in [0, 0.1) is 5.92 Å². The van der Waals surface area contributed by atoms with Gasteiger partial charge in [-0.15, -0.1) is 0 Å². The molecule has 2 aliphatic rings. The largest absolute Gasteiger partial charge is 0.0653 e. The van der Waals surface area contributed by atoms with Gasteiger partial charge in [0, 0.05) is 5.92 Å². The molecule has 1 atom stereocenters. The minimum absolute atomic E-state index is 0.423. The Labute approximate surface area is 122 Å². The summed E-state index contributed by atoms with van der Waals surface area (Å²) < 4.78 is 0. The third-order valence-corrected chi connectivity index (χ3v) is 4.61. The lowest BCUT2D eigenvalue weighted by Gasteiger charge is -2.10. The molecule has 2 aliphatic carbocycles. The highest BCUT2D eigenvalue weighted by molar-refractivity contribution is 5.93. The van der Waals surface area contributed by atoms with Crippen molar-refractivity contribution in [2.45, 2.75) is 0 Å². The molecule has 0 spiro atoms. The average molecular weight is 266 g/mol. The van der Waals surface area contributed by atoms with Crippen LogP contribution in [-0.4, -0.2) is 0 Å². The molecule has 0 bridgehead atoms. The molecule has 0 heterocycles. The molecule has 0 amide bonds. The van der Waals surface area contributed by atoms with Gasteiger partial charge in [0.2, 0.25) is 0 Å².